The number of rotatable bonds is 9. The van der Waals surface area contributed by atoms with Crippen LogP contribution < -0.4 is 10.1 Å². The summed E-state index contributed by atoms with van der Waals surface area (Å²) in [6.07, 6.45) is -5.37. The molecule has 2 aromatic carbocycles. The smallest absolute Gasteiger partial charge is 0.406 e. The molecule has 1 fully saturated rings. The minimum atomic E-state index is -4.84. The van der Waals surface area contributed by atoms with Gasteiger partial charge in [-0.3, -0.25) is 14.8 Å². The molecule has 1 saturated heterocycles. The number of ether oxygens (including phenoxy) is 1. The number of sulfonamides is 1. The minimum absolute atomic E-state index is 0.192. The number of hydrogen-bond acceptors (Lipinski definition) is 6. The molecule has 8 nitrogen and oxygen atoms in total. The lowest BCUT2D eigenvalue weighted by molar-refractivity contribution is -0.274. The van der Waals surface area contributed by atoms with E-state index in [0.717, 1.165) is 40.7 Å². The van der Waals surface area contributed by atoms with Crippen LogP contribution in [0.25, 0.3) is 0 Å². The molecule has 1 amide bonds. The maximum atomic E-state index is 14.2. The molecule has 0 aromatic heterocycles. The second kappa shape index (κ2) is 11.8. The second-order valence-corrected chi connectivity index (χ2v) is 9.96. The Hall–Kier alpha value is -3.65. The normalized spacial score (nSPS) is 19.3. The van der Waals surface area contributed by atoms with E-state index in [1.54, 1.807) is 0 Å². The van der Waals surface area contributed by atoms with Gasteiger partial charge in [0.1, 0.15) is 23.8 Å². The van der Waals surface area contributed by atoms with Crippen molar-refractivity contribution in [1.29, 1.82) is 0 Å². The third kappa shape index (κ3) is 7.22. The van der Waals surface area contributed by atoms with Crippen molar-refractivity contribution in [3.63, 3.8) is 0 Å². The number of aliphatic imine (C=N–C) groups is 2. The molecule has 38 heavy (non-hydrogen) atoms. The van der Waals surface area contributed by atoms with E-state index in [4.69, 9.17) is 0 Å². The topological polar surface area (TPSA) is 100 Å². The first-order chi connectivity index (χ1) is 17.8. The zero-order valence-electron chi connectivity index (χ0n) is 20.0. The number of carbonyl (C=O) groups excluding carboxylic acids is 1. The zero-order valence-corrected chi connectivity index (χ0v) is 20.8. The van der Waals surface area contributed by atoms with E-state index in [-0.39, 0.29) is 23.6 Å². The van der Waals surface area contributed by atoms with Crippen LogP contribution in [0.4, 0.5) is 22.0 Å². The van der Waals surface area contributed by atoms with Crippen LogP contribution in [0.15, 0.2) is 75.2 Å². The summed E-state index contributed by atoms with van der Waals surface area (Å²) in [5, 5.41) is 2.50. The van der Waals surface area contributed by atoms with Gasteiger partial charge < -0.3 is 10.1 Å². The van der Waals surface area contributed by atoms with Crippen LogP contribution in [0.1, 0.15) is 12.0 Å². The molecule has 204 valence electrons. The van der Waals surface area contributed by atoms with E-state index in [1.807, 2.05) is 0 Å². The van der Waals surface area contributed by atoms with Crippen LogP contribution in [-0.4, -0.2) is 69.8 Å². The molecule has 2 atom stereocenters. The predicted octanol–water partition coefficient (Wildman–Crippen LogP) is 3.65. The quantitative estimate of drug-likeness (QED) is 0.375. The Morgan fingerprint density at radius 1 is 1.18 bits per heavy atom. The monoisotopic (exact) mass is 558 g/mol. The molecule has 1 heterocycles. The lowest BCUT2D eigenvalue weighted by atomic mass is 10.1. The van der Waals surface area contributed by atoms with Crippen LogP contribution >= 0.6 is 0 Å². The van der Waals surface area contributed by atoms with Crippen LogP contribution in [0.2, 0.25) is 0 Å². The van der Waals surface area contributed by atoms with Crippen molar-refractivity contribution in [3.05, 3.63) is 71.7 Å². The van der Waals surface area contributed by atoms with Crippen LogP contribution in [0.3, 0.4) is 0 Å². The Labute approximate surface area is 215 Å². The average molecular weight is 559 g/mol. The highest BCUT2D eigenvalue weighted by Crippen LogP contribution is 2.28. The minimum Gasteiger partial charge on any atom is -0.406 e. The van der Waals surface area contributed by atoms with Crippen molar-refractivity contribution in [1.82, 2.24) is 9.62 Å². The van der Waals surface area contributed by atoms with Crippen molar-refractivity contribution in [2.24, 2.45) is 9.98 Å². The molecule has 0 spiro atoms. The SMILES string of the molecule is C=N/C(=C\C(=NC)c1ccc(OC(F)(F)F)cc1)CNC(=O)[C@@H]1C[C@@H](F)CN1S(=O)(=O)c1ccc(F)cc1. The number of nitrogens with zero attached hydrogens (tertiary/aromatic N) is 3. The van der Waals surface area contributed by atoms with Gasteiger partial charge in [0.2, 0.25) is 15.9 Å². The van der Waals surface area contributed by atoms with Gasteiger partial charge in [-0.2, -0.15) is 4.31 Å². The highest BCUT2D eigenvalue weighted by Gasteiger charge is 2.44. The Morgan fingerprint density at radius 3 is 2.37 bits per heavy atom. The lowest BCUT2D eigenvalue weighted by Crippen LogP contribution is -2.46. The molecule has 0 aliphatic carbocycles. The van der Waals surface area contributed by atoms with Gasteiger partial charge in [-0.15, -0.1) is 13.2 Å². The summed E-state index contributed by atoms with van der Waals surface area (Å²) in [4.78, 5) is 20.4. The molecule has 0 radical (unpaired) electrons. The van der Waals surface area contributed by atoms with Gasteiger partial charge in [0.15, 0.2) is 0 Å². The first-order valence-corrected chi connectivity index (χ1v) is 12.5. The fourth-order valence-corrected chi connectivity index (χ4v) is 5.34. The third-order valence-corrected chi connectivity index (χ3v) is 7.39. The van der Waals surface area contributed by atoms with Crippen LogP contribution in [-0.2, 0) is 14.8 Å². The predicted molar refractivity (Wildman–Crippen MR) is 130 cm³/mol. The molecule has 1 N–H and O–H groups in total. The first kappa shape index (κ1) is 28.9. The van der Waals surface area contributed by atoms with E-state index >= 15 is 0 Å². The number of halogens is 5. The van der Waals surface area contributed by atoms with Gasteiger partial charge in [0, 0.05) is 20.0 Å². The largest absolute Gasteiger partial charge is 0.573 e. The number of benzene rings is 2. The second-order valence-electron chi connectivity index (χ2n) is 8.07. The molecule has 1 aliphatic rings. The van der Waals surface area contributed by atoms with Gasteiger partial charge >= 0.3 is 6.36 Å². The van der Waals surface area contributed by atoms with Gasteiger partial charge in [0.05, 0.1) is 22.8 Å². The van der Waals surface area contributed by atoms with E-state index in [2.05, 4.69) is 26.8 Å². The van der Waals surface area contributed by atoms with Crippen molar-refractivity contribution >= 4 is 28.4 Å². The number of carbonyl (C=O) groups is 1. The summed E-state index contributed by atoms with van der Waals surface area (Å²) in [7, 11) is -2.85. The summed E-state index contributed by atoms with van der Waals surface area (Å²) < 4.78 is 95.1. The summed E-state index contributed by atoms with van der Waals surface area (Å²) in [5.74, 6) is -1.85. The molecule has 2 aromatic rings. The number of amides is 1. The van der Waals surface area contributed by atoms with Gasteiger partial charge in [0.25, 0.3) is 0 Å². The molecule has 0 bridgehead atoms. The average Bonchev–Trinajstić information content (AvgIpc) is 3.27. The highest BCUT2D eigenvalue weighted by atomic mass is 32.2. The maximum absolute atomic E-state index is 14.2. The van der Waals surface area contributed by atoms with E-state index in [1.165, 1.54) is 25.3 Å². The number of allylic oxidation sites excluding steroid dienone is 1. The molecule has 1 aliphatic heterocycles. The van der Waals surface area contributed by atoms with Crippen molar-refractivity contribution < 1.29 is 39.9 Å². The molecule has 0 saturated carbocycles. The standard InChI is InChI=1S/C24H23F5N4O4S/c1-30-18(12-21(31-2)15-3-7-19(8-4-15)37-24(27,28)29)13-32-23(34)22-11-17(26)14-33(22)38(35,36)20-9-5-16(25)6-10-20/h3-10,12,17,22H,1,11,13-14H2,2H3,(H,32,34)/b18-12-,31-21?/t17-,22+/m1/s1. The lowest BCUT2D eigenvalue weighted by Gasteiger charge is -2.23. The Bertz CT molecular complexity index is 1330. The molecular weight excluding hydrogens is 535 g/mol. The first-order valence-electron chi connectivity index (χ1n) is 11.0. The fourth-order valence-electron chi connectivity index (χ4n) is 3.71. The Kier molecular flexibility index (Phi) is 8.99. The molecular formula is C24H23F5N4O4S. The zero-order chi connectivity index (χ0) is 28.1. The van der Waals surface area contributed by atoms with Crippen molar-refractivity contribution in [2.45, 2.75) is 29.9 Å². The number of hydrogen-bond donors (Lipinski definition) is 1. The summed E-state index contributed by atoms with van der Waals surface area (Å²) >= 11 is 0. The molecule has 3 rings (SSSR count). The van der Waals surface area contributed by atoms with Gasteiger partial charge in [-0.25, -0.2) is 17.2 Å². The maximum Gasteiger partial charge on any atom is 0.573 e. The summed E-state index contributed by atoms with van der Waals surface area (Å²) in [5.41, 5.74) is 0.907. The van der Waals surface area contributed by atoms with Gasteiger partial charge in [-0.1, -0.05) is 0 Å². The van der Waals surface area contributed by atoms with E-state index < -0.39 is 52.6 Å². The number of nitrogens with one attached hydrogen (secondary N) is 1. The van der Waals surface area contributed by atoms with Crippen molar-refractivity contribution in [2.75, 3.05) is 20.1 Å². The highest BCUT2D eigenvalue weighted by molar-refractivity contribution is 7.89. The third-order valence-electron chi connectivity index (χ3n) is 5.50. The summed E-state index contributed by atoms with van der Waals surface area (Å²) in [6.45, 7) is 2.65. The Balaban J connectivity index is 1.72. The Morgan fingerprint density at radius 2 is 1.82 bits per heavy atom. The van der Waals surface area contributed by atoms with Crippen molar-refractivity contribution in [3.8, 4) is 5.75 Å². The van der Waals surface area contributed by atoms with E-state index in [0.29, 0.717) is 11.3 Å². The molecule has 14 heteroatoms. The number of alkyl halides is 4. The summed E-state index contributed by atoms with van der Waals surface area (Å²) in [6, 6.07) is 7.49. The van der Waals surface area contributed by atoms with E-state index in [9.17, 15) is 35.2 Å². The van der Waals surface area contributed by atoms with Gasteiger partial charge in [-0.05, 0) is 66.9 Å². The fraction of sp³-hybridized carbons (Fsp3) is 0.292. The van der Waals surface area contributed by atoms with Crippen LogP contribution in [0.5, 0.6) is 5.75 Å². The molecule has 0 unspecified atom stereocenters. The van der Waals surface area contributed by atoms with Crippen LogP contribution in [0, 0.1) is 5.82 Å².